The number of benzene rings is 2. The zero-order chi connectivity index (χ0) is 38.5. The molecule has 0 amide bonds. The molecule has 0 aromatic heterocycles. The number of rotatable bonds is 22. The van der Waals surface area contributed by atoms with Crippen LogP contribution >= 0.6 is 0 Å². The Hall–Kier alpha value is -4.74. The van der Waals surface area contributed by atoms with Crippen LogP contribution in [0.5, 0.6) is 11.5 Å². The average molecular weight is 727 g/mol. The van der Waals surface area contributed by atoms with Crippen molar-refractivity contribution in [1.82, 2.24) is 0 Å². The van der Waals surface area contributed by atoms with Crippen LogP contribution in [0.2, 0.25) is 0 Å². The number of hydrogen-bond donors (Lipinski definition) is 0. The topological polar surface area (TPSA) is 158 Å². The van der Waals surface area contributed by atoms with Gasteiger partial charge in [0.2, 0.25) is 0 Å². The van der Waals surface area contributed by atoms with Crippen LogP contribution in [0, 0.1) is 11.8 Å². The van der Waals surface area contributed by atoms with E-state index in [-0.39, 0.29) is 83.2 Å². The third kappa shape index (κ3) is 16.1. The molecule has 0 bridgehead atoms. The minimum atomic E-state index is -1.27. The standard InChI is InChI=1S/C40H54O12/c1-7-9-11-13-15-17-33(41)29-19-21-35(49-39(45)47-25-27(3)4)31(23-29)37(43)51-52-38(44)32-24-30(34(42)18-16-14-12-10-8-2)20-22-36(32)50-40(46)48-26-28(5)6/h19-24,27-28H,7-18,25-26H2,1-6H3. The van der Waals surface area contributed by atoms with Gasteiger partial charge in [-0.05, 0) is 61.1 Å². The van der Waals surface area contributed by atoms with Gasteiger partial charge in [-0.15, -0.1) is 0 Å². The van der Waals surface area contributed by atoms with Crippen LogP contribution in [0.1, 0.15) is 160 Å². The number of unbranched alkanes of at least 4 members (excludes halogenated alkanes) is 8. The van der Waals surface area contributed by atoms with Crippen molar-refractivity contribution in [2.24, 2.45) is 11.8 Å². The molecule has 0 N–H and O–H groups in total. The molecule has 0 atom stereocenters. The highest BCUT2D eigenvalue weighted by Gasteiger charge is 2.26. The maximum absolute atomic E-state index is 13.3. The summed E-state index contributed by atoms with van der Waals surface area (Å²) < 4.78 is 20.6. The number of hydrogen-bond acceptors (Lipinski definition) is 12. The molecule has 2 rings (SSSR count). The van der Waals surface area contributed by atoms with Gasteiger partial charge in [-0.2, -0.15) is 0 Å². The highest BCUT2D eigenvalue weighted by atomic mass is 17.2. The quantitative estimate of drug-likeness (QED) is 0.0283. The van der Waals surface area contributed by atoms with Crippen LogP contribution in [0.15, 0.2) is 36.4 Å². The molecular formula is C40H54O12. The van der Waals surface area contributed by atoms with Gasteiger partial charge in [-0.25, -0.2) is 29.0 Å². The normalized spacial score (nSPS) is 10.8. The highest BCUT2D eigenvalue weighted by molar-refractivity contribution is 6.02. The van der Waals surface area contributed by atoms with E-state index in [0.29, 0.717) is 12.8 Å². The summed E-state index contributed by atoms with van der Waals surface area (Å²) in [6, 6.07) is 7.72. The summed E-state index contributed by atoms with van der Waals surface area (Å²) in [5.74, 6) is -3.58. The van der Waals surface area contributed by atoms with Gasteiger partial charge >= 0.3 is 24.2 Å². The van der Waals surface area contributed by atoms with E-state index in [4.69, 9.17) is 28.7 Å². The van der Waals surface area contributed by atoms with E-state index >= 15 is 0 Å². The maximum atomic E-state index is 13.3. The second-order valence-electron chi connectivity index (χ2n) is 13.5. The van der Waals surface area contributed by atoms with Gasteiger partial charge in [0.1, 0.15) is 22.6 Å². The summed E-state index contributed by atoms with van der Waals surface area (Å²) in [5, 5.41) is 0. The highest BCUT2D eigenvalue weighted by Crippen LogP contribution is 2.26. The molecule has 12 heteroatoms. The van der Waals surface area contributed by atoms with E-state index in [1.807, 2.05) is 27.7 Å². The van der Waals surface area contributed by atoms with Gasteiger partial charge in [0.05, 0.1) is 13.2 Å². The lowest BCUT2D eigenvalue weighted by Crippen LogP contribution is -2.19. The molecular weight excluding hydrogens is 672 g/mol. The summed E-state index contributed by atoms with van der Waals surface area (Å²) in [5.41, 5.74) is -0.444. The Balaban J connectivity index is 2.32. The lowest BCUT2D eigenvalue weighted by Gasteiger charge is -2.13. The van der Waals surface area contributed by atoms with Crippen LogP contribution in [-0.4, -0.2) is 49.0 Å². The monoisotopic (exact) mass is 726 g/mol. The van der Waals surface area contributed by atoms with E-state index in [2.05, 4.69) is 13.8 Å². The zero-order valence-corrected chi connectivity index (χ0v) is 31.4. The van der Waals surface area contributed by atoms with E-state index in [0.717, 1.165) is 51.4 Å². The van der Waals surface area contributed by atoms with Gasteiger partial charge < -0.3 is 18.9 Å². The molecule has 0 fully saturated rings. The van der Waals surface area contributed by atoms with Crippen molar-refractivity contribution in [1.29, 1.82) is 0 Å². The molecule has 0 radical (unpaired) electrons. The van der Waals surface area contributed by atoms with Gasteiger partial charge in [0.15, 0.2) is 11.6 Å². The summed E-state index contributed by atoms with van der Waals surface area (Å²) in [4.78, 5) is 87.1. The fourth-order valence-electron chi connectivity index (χ4n) is 4.84. The van der Waals surface area contributed by atoms with Crippen molar-refractivity contribution in [2.75, 3.05) is 13.2 Å². The van der Waals surface area contributed by atoms with Gasteiger partial charge in [0, 0.05) is 24.0 Å². The van der Waals surface area contributed by atoms with E-state index < -0.39 is 24.2 Å². The first-order valence-electron chi connectivity index (χ1n) is 18.3. The Labute approximate surface area is 306 Å². The van der Waals surface area contributed by atoms with Gasteiger partial charge in [0.25, 0.3) is 0 Å². The lowest BCUT2D eigenvalue weighted by molar-refractivity contribution is -0.187. The molecule has 0 aliphatic heterocycles. The van der Waals surface area contributed by atoms with E-state index in [9.17, 15) is 28.8 Å². The van der Waals surface area contributed by atoms with Crippen LogP contribution < -0.4 is 9.47 Å². The summed E-state index contributed by atoms with van der Waals surface area (Å²) in [7, 11) is 0. The Morgan fingerprint density at radius 1 is 0.519 bits per heavy atom. The molecule has 0 spiro atoms. The zero-order valence-electron chi connectivity index (χ0n) is 31.4. The molecule has 0 saturated heterocycles. The van der Waals surface area contributed by atoms with Crippen molar-refractivity contribution >= 4 is 35.8 Å². The number of carbonyl (C=O) groups excluding carboxylic acids is 6. The number of ether oxygens (including phenoxy) is 4. The second-order valence-corrected chi connectivity index (χ2v) is 13.5. The Kier molecular flexibility index (Phi) is 19.8. The van der Waals surface area contributed by atoms with Crippen molar-refractivity contribution < 1.29 is 57.5 Å². The van der Waals surface area contributed by atoms with Gasteiger partial charge in [-0.1, -0.05) is 92.9 Å². The molecule has 2 aromatic carbocycles. The van der Waals surface area contributed by atoms with Crippen LogP contribution in [0.4, 0.5) is 9.59 Å². The minimum absolute atomic E-state index is 0.0132. The van der Waals surface area contributed by atoms with Gasteiger partial charge in [-0.3, -0.25) is 9.59 Å². The van der Waals surface area contributed by atoms with Crippen LogP contribution in [0.3, 0.4) is 0 Å². The first-order valence-corrected chi connectivity index (χ1v) is 18.3. The number of ketones is 2. The fourth-order valence-corrected chi connectivity index (χ4v) is 4.84. The molecule has 0 aliphatic carbocycles. The molecule has 0 saturated carbocycles. The summed E-state index contributed by atoms with van der Waals surface area (Å²) in [6.45, 7) is 11.6. The Morgan fingerprint density at radius 2 is 0.885 bits per heavy atom. The molecule has 12 nitrogen and oxygen atoms in total. The largest absolute Gasteiger partial charge is 0.513 e. The average Bonchev–Trinajstić information content (AvgIpc) is 3.11. The Morgan fingerprint density at radius 3 is 1.23 bits per heavy atom. The van der Waals surface area contributed by atoms with Crippen LogP contribution in [0.25, 0.3) is 0 Å². The van der Waals surface area contributed by atoms with Crippen molar-refractivity contribution in [3.8, 4) is 11.5 Å². The number of Topliss-reactive ketones (excluding diaryl/α,β-unsaturated/α-hetero) is 2. The molecule has 0 unspecified atom stereocenters. The minimum Gasteiger partial charge on any atom is -0.434 e. The first kappa shape index (κ1) is 43.4. The fraction of sp³-hybridized carbons (Fsp3) is 0.550. The predicted molar refractivity (Wildman–Crippen MR) is 193 cm³/mol. The third-order valence-electron chi connectivity index (χ3n) is 7.71. The number of carbonyl (C=O) groups is 6. The maximum Gasteiger partial charge on any atom is 0.513 e. The smallest absolute Gasteiger partial charge is 0.434 e. The summed E-state index contributed by atoms with van der Waals surface area (Å²) >= 11 is 0. The molecule has 0 aliphatic rings. The van der Waals surface area contributed by atoms with Crippen molar-refractivity contribution in [3.63, 3.8) is 0 Å². The van der Waals surface area contributed by atoms with E-state index in [1.54, 1.807) is 0 Å². The van der Waals surface area contributed by atoms with Crippen LogP contribution in [-0.2, 0) is 19.2 Å². The SMILES string of the molecule is CCCCCCCC(=O)c1ccc(OC(=O)OCC(C)C)c(C(=O)OOC(=O)c2cc(C(=O)CCCCCCC)ccc2OC(=O)OCC(C)C)c1. The molecule has 2 aromatic rings. The van der Waals surface area contributed by atoms with Crippen molar-refractivity contribution in [3.05, 3.63) is 58.7 Å². The second kappa shape index (κ2) is 23.7. The third-order valence-corrected chi connectivity index (χ3v) is 7.71. The lowest BCUT2D eigenvalue weighted by atomic mass is 10.0. The summed E-state index contributed by atoms with van der Waals surface area (Å²) in [6.07, 6.45) is 7.62. The first-order chi connectivity index (χ1) is 24.9. The van der Waals surface area contributed by atoms with E-state index in [1.165, 1.54) is 36.4 Å². The van der Waals surface area contributed by atoms with Crippen molar-refractivity contribution in [2.45, 2.75) is 119 Å². The molecule has 0 heterocycles. The Bertz CT molecular complexity index is 1380. The molecule has 286 valence electrons. The predicted octanol–water partition coefficient (Wildman–Crippen LogP) is 10.0. The molecule has 52 heavy (non-hydrogen) atoms.